The number of benzene rings is 3. The number of hydrogen-bond acceptors (Lipinski definition) is 5. The van der Waals surface area contributed by atoms with Crippen LogP contribution in [0, 0.1) is 0 Å². The van der Waals surface area contributed by atoms with Crippen molar-refractivity contribution in [2.45, 2.75) is 32.8 Å². The minimum absolute atomic E-state index is 0.0528. The number of ketones is 2. The van der Waals surface area contributed by atoms with Gasteiger partial charge in [-0.25, -0.2) is 0 Å². The summed E-state index contributed by atoms with van der Waals surface area (Å²) >= 11 is 0. The Hall–Kier alpha value is -3.34. The van der Waals surface area contributed by atoms with Crippen LogP contribution < -0.4 is 4.74 Å². The van der Waals surface area contributed by atoms with Crippen molar-refractivity contribution in [3.63, 3.8) is 0 Å². The molecule has 0 fully saturated rings. The van der Waals surface area contributed by atoms with Crippen molar-refractivity contribution in [3.8, 4) is 17.2 Å². The molecule has 0 saturated heterocycles. The number of carbonyl (C=O) groups excluding carboxylic acids is 2. The highest BCUT2D eigenvalue weighted by molar-refractivity contribution is 6.08. The number of rotatable bonds is 3. The van der Waals surface area contributed by atoms with Crippen LogP contribution in [0.5, 0.6) is 17.2 Å². The molecule has 0 aliphatic carbocycles. The normalized spacial score (nSPS) is 15.7. The lowest BCUT2D eigenvalue weighted by atomic mass is 9.89. The van der Waals surface area contributed by atoms with Gasteiger partial charge in [0.15, 0.2) is 11.6 Å². The van der Waals surface area contributed by atoms with Gasteiger partial charge in [0.05, 0.1) is 0 Å². The highest BCUT2D eigenvalue weighted by Crippen LogP contribution is 2.48. The summed E-state index contributed by atoms with van der Waals surface area (Å²) in [7, 11) is 0. The summed E-state index contributed by atoms with van der Waals surface area (Å²) < 4.78 is 6.16. The smallest absolute Gasteiger partial charge is 0.167 e. The molecule has 142 valence electrons. The Bertz CT molecular complexity index is 1120. The number of phenols is 2. The summed E-state index contributed by atoms with van der Waals surface area (Å²) in [5.41, 5.74) is 1.09. The first-order chi connectivity index (χ1) is 13.4. The molecule has 5 nitrogen and oxygen atoms in total. The van der Waals surface area contributed by atoms with Crippen molar-refractivity contribution in [2.24, 2.45) is 0 Å². The summed E-state index contributed by atoms with van der Waals surface area (Å²) in [5, 5.41) is 23.2. The van der Waals surface area contributed by atoms with E-state index in [2.05, 4.69) is 0 Å². The van der Waals surface area contributed by atoms with E-state index in [-0.39, 0.29) is 28.7 Å². The third kappa shape index (κ3) is 2.71. The van der Waals surface area contributed by atoms with Crippen molar-refractivity contribution in [1.82, 2.24) is 0 Å². The number of hydrogen-bond donors (Lipinski definition) is 2. The van der Waals surface area contributed by atoms with E-state index >= 15 is 0 Å². The first-order valence-corrected chi connectivity index (χ1v) is 9.17. The van der Waals surface area contributed by atoms with Gasteiger partial charge in [0, 0.05) is 11.1 Å². The molecule has 0 radical (unpaired) electrons. The molecule has 1 unspecified atom stereocenters. The maximum absolute atomic E-state index is 12.2. The standard InChI is InChI=1S/C23H20O5/c1-12(24)19-21(26)17-10-11-18(28-23(17)20(13(2)25)22(19)27)16-9-5-7-14-6-3-4-8-15(14)16/h3-9,18,26-27H,10-11H2,1-2H3. The molecule has 1 aliphatic rings. The average molecular weight is 376 g/mol. The fourth-order valence-corrected chi connectivity index (χ4v) is 4.00. The number of phenolic OH excluding ortho intramolecular Hbond substituents is 2. The largest absolute Gasteiger partial charge is 0.507 e. The Morgan fingerprint density at radius 3 is 2.32 bits per heavy atom. The van der Waals surface area contributed by atoms with E-state index in [0.29, 0.717) is 18.4 Å². The Balaban J connectivity index is 1.89. The topological polar surface area (TPSA) is 83.8 Å². The van der Waals surface area contributed by atoms with E-state index in [9.17, 15) is 19.8 Å². The van der Waals surface area contributed by atoms with Gasteiger partial charge in [-0.1, -0.05) is 42.5 Å². The molecule has 0 amide bonds. The predicted molar refractivity (Wildman–Crippen MR) is 105 cm³/mol. The van der Waals surface area contributed by atoms with E-state index in [0.717, 1.165) is 16.3 Å². The van der Waals surface area contributed by atoms with Gasteiger partial charge in [0.1, 0.15) is 34.5 Å². The Kier molecular flexibility index (Phi) is 4.30. The van der Waals surface area contributed by atoms with Crippen molar-refractivity contribution >= 4 is 22.3 Å². The summed E-state index contributed by atoms with van der Waals surface area (Å²) in [5.74, 6) is -1.58. The molecule has 4 rings (SSSR count). The zero-order valence-electron chi connectivity index (χ0n) is 15.7. The highest BCUT2D eigenvalue weighted by Gasteiger charge is 2.34. The van der Waals surface area contributed by atoms with Crippen LogP contribution in [-0.4, -0.2) is 21.8 Å². The van der Waals surface area contributed by atoms with Gasteiger partial charge in [0.2, 0.25) is 0 Å². The second kappa shape index (κ2) is 6.68. The summed E-state index contributed by atoms with van der Waals surface area (Å²) in [6.07, 6.45) is 0.669. The average Bonchev–Trinajstić information content (AvgIpc) is 2.66. The first kappa shape index (κ1) is 18.0. The molecule has 0 spiro atoms. The van der Waals surface area contributed by atoms with E-state index in [1.54, 1.807) is 0 Å². The summed E-state index contributed by atoms with van der Waals surface area (Å²) in [6.45, 7) is 2.55. The molecule has 3 aromatic rings. The van der Waals surface area contributed by atoms with E-state index in [1.165, 1.54) is 13.8 Å². The molecule has 0 bridgehead atoms. The second-order valence-corrected chi connectivity index (χ2v) is 7.08. The lowest BCUT2D eigenvalue weighted by molar-refractivity contribution is 0.0996. The lowest BCUT2D eigenvalue weighted by Crippen LogP contribution is -2.19. The highest BCUT2D eigenvalue weighted by atomic mass is 16.5. The van der Waals surface area contributed by atoms with Gasteiger partial charge < -0.3 is 14.9 Å². The van der Waals surface area contributed by atoms with Crippen LogP contribution >= 0.6 is 0 Å². The van der Waals surface area contributed by atoms with Crippen LogP contribution in [0.3, 0.4) is 0 Å². The quantitative estimate of drug-likeness (QED) is 0.646. The summed E-state index contributed by atoms with van der Waals surface area (Å²) in [4.78, 5) is 24.2. The number of Topliss-reactive ketones (excluding diaryl/α,β-unsaturated/α-hetero) is 2. The van der Waals surface area contributed by atoms with Gasteiger partial charge in [-0.2, -0.15) is 0 Å². The van der Waals surface area contributed by atoms with E-state index < -0.39 is 17.3 Å². The first-order valence-electron chi connectivity index (χ1n) is 9.17. The predicted octanol–water partition coefficient (Wildman–Crippen LogP) is 4.72. The van der Waals surface area contributed by atoms with Crippen molar-refractivity contribution in [3.05, 3.63) is 64.7 Å². The van der Waals surface area contributed by atoms with Crippen LogP contribution in [0.4, 0.5) is 0 Å². The van der Waals surface area contributed by atoms with Gasteiger partial charge in [-0.3, -0.25) is 9.59 Å². The van der Waals surface area contributed by atoms with Gasteiger partial charge in [-0.05, 0) is 37.5 Å². The molecule has 0 saturated carbocycles. The maximum atomic E-state index is 12.2. The molecule has 1 aliphatic heterocycles. The number of carbonyl (C=O) groups is 2. The van der Waals surface area contributed by atoms with Crippen LogP contribution in [0.2, 0.25) is 0 Å². The Labute approximate surface area is 162 Å². The molecular formula is C23H20O5. The number of aromatic hydroxyl groups is 2. The molecule has 5 heteroatoms. The van der Waals surface area contributed by atoms with E-state index in [4.69, 9.17) is 4.74 Å². The van der Waals surface area contributed by atoms with Gasteiger partial charge in [-0.15, -0.1) is 0 Å². The number of ether oxygens (including phenoxy) is 1. The minimum atomic E-state index is -0.519. The fourth-order valence-electron chi connectivity index (χ4n) is 4.00. The Morgan fingerprint density at radius 1 is 0.929 bits per heavy atom. The Morgan fingerprint density at radius 2 is 1.61 bits per heavy atom. The molecule has 28 heavy (non-hydrogen) atoms. The van der Waals surface area contributed by atoms with Crippen molar-refractivity contribution < 1.29 is 24.5 Å². The maximum Gasteiger partial charge on any atom is 0.167 e. The van der Waals surface area contributed by atoms with Crippen molar-refractivity contribution in [1.29, 1.82) is 0 Å². The van der Waals surface area contributed by atoms with Gasteiger partial charge in [0.25, 0.3) is 0 Å². The molecule has 0 aromatic heterocycles. The zero-order valence-corrected chi connectivity index (χ0v) is 15.7. The van der Waals surface area contributed by atoms with Crippen molar-refractivity contribution in [2.75, 3.05) is 0 Å². The molecule has 3 aromatic carbocycles. The molecule has 1 atom stereocenters. The number of fused-ring (bicyclic) bond motifs is 2. The SMILES string of the molecule is CC(=O)c1c(O)c2c(c(C(C)=O)c1O)OC(c1cccc3ccccc13)CC2. The van der Waals surface area contributed by atoms with Crippen LogP contribution in [0.1, 0.15) is 58.2 Å². The third-order valence-corrected chi connectivity index (χ3v) is 5.29. The fraction of sp³-hybridized carbons (Fsp3) is 0.217. The van der Waals surface area contributed by atoms with Crippen LogP contribution in [-0.2, 0) is 6.42 Å². The van der Waals surface area contributed by atoms with Crippen LogP contribution in [0.15, 0.2) is 42.5 Å². The molecular weight excluding hydrogens is 356 g/mol. The van der Waals surface area contributed by atoms with Gasteiger partial charge >= 0.3 is 0 Å². The molecule has 1 heterocycles. The third-order valence-electron chi connectivity index (χ3n) is 5.29. The second-order valence-electron chi connectivity index (χ2n) is 7.08. The summed E-state index contributed by atoms with van der Waals surface area (Å²) in [6, 6.07) is 13.9. The zero-order chi connectivity index (χ0) is 20.0. The lowest BCUT2D eigenvalue weighted by Gasteiger charge is -2.30. The monoisotopic (exact) mass is 376 g/mol. The minimum Gasteiger partial charge on any atom is -0.507 e. The van der Waals surface area contributed by atoms with Crippen LogP contribution in [0.25, 0.3) is 10.8 Å². The molecule has 2 N–H and O–H groups in total. The van der Waals surface area contributed by atoms with E-state index in [1.807, 2.05) is 42.5 Å².